The lowest BCUT2D eigenvalue weighted by Gasteiger charge is -2.36. The van der Waals surface area contributed by atoms with Crippen LogP contribution in [0.3, 0.4) is 0 Å². The van der Waals surface area contributed by atoms with Gasteiger partial charge in [0.15, 0.2) is 0 Å². The number of hydrogen-bond donors (Lipinski definition) is 0. The van der Waals surface area contributed by atoms with Crippen molar-refractivity contribution in [3.8, 4) is 0 Å². The van der Waals surface area contributed by atoms with E-state index in [1.54, 1.807) is 11.3 Å². The number of thiazole rings is 1. The monoisotopic (exact) mass is 360 g/mol. The minimum Gasteiger partial charge on any atom is -0.444 e. The molecule has 2 atom stereocenters. The van der Waals surface area contributed by atoms with E-state index in [1.807, 2.05) is 31.9 Å². The van der Waals surface area contributed by atoms with E-state index in [1.165, 1.54) is 0 Å². The van der Waals surface area contributed by atoms with Gasteiger partial charge in [0.05, 0.1) is 15.0 Å². The molecule has 1 saturated heterocycles. The van der Waals surface area contributed by atoms with Crippen LogP contribution in [0.1, 0.15) is 45.0 Å². The molecule has 6 heteroatoms. The Kier molecular flexibility index (Phi) is 4.74. The average Bonchev–Trinajstić information content (AvgIpc) is 2.73. The predicted molar refractivity (Wildman–Crippen MR) is 84.1 cm³/mol. The van der Waals surface area contributed by atoms with E-state index in [-0.39, 0.29) is 6.09 Å². The van der Waals surface area contributed by atoms with Crippen LogP contribution >= 0.6 is 27.3 Å². The van der Waals surface area contributed by atoms with Crippen molar-refractivity contribution in [2.75, 3.05) is 13.1 Å². The second-order valence-electron chi connectivity index (χ2n) is 6.30. The molecule has 2 heterocycles. The van der Waals surface area contributed by atoms with Gasteiger partial charge in [0.1, 0.15) is 5.60 Å². The lowest BCUT2D eigenvalue weighted by Crippen LogP contribution is -2.44. The van der Waals surface area contributed by atoms with Gasteiger partial charge in [-0.15, -0.1) is 11.3 Å². The van der Waals surface area contributed by atoms with Gasteiger partial charge in [0.2, 0.25) is 0 Å². The summed E-state index contributed by atoms with van der Waals surface area (Å²) in [6.45, 7) is 9.34. The number of aromatic nitrogens is 1. The van der Waals surface area contributed by atoms with Gasteiger partial charge in [-0.3, -0.25) is 0 Å². The molecule has 0 saturated carbocycles. The van der Waals surface area contributed by atoms with Gasteiger partial charge in [-0.1, -0.05) is 6.92 Å². The van der Waals surface area contributed by atoms with Crippen LogP contribution in [0.2, 0.25) is 0 Å². The summed E-state index contributed by atoms with van der Waals surface area (Å²) in [5, 5.41) is 1.16. The van der Waals surface area contributed by atoms with Gasteiger partial charge in [-0.25, -0.2) is 9.78 Å². The highest BCUT2D eigenvalue weighted by Crippen LogP contribution is 2.36. The highest BCUT2D eigenvalue weighted by molar-refractivity contribution is 9.11. The summed E-state index contributed by atoms with van der Waals surface area (Å²) in [5.41, 5.74) is -0.433. The normalized spacial score (nSPS) is 23.8. The van der Waals surface area contributed by atoms with Crippen molar-refractivity contribution >= 4 is 33.4 Å². The van der Waals surface area contributed by atoms with Gasteiger partial charge in [0.25, 0.3) is 0 Å². The molecular formula is C14H21BrN2O2S. The van der Waals surface area contributed by atoms with Crippen molar-refractivity contribution in [3.05, 3.63) is 15.0 Å². The van der Waals surface area contributed by atoms with Crippen LogP contribution < -0.4 is 0 Å². The lowest BCUT2D eigenvalue weighted by molar-refractivity contribution is 0.0155. The minimum atomic E-state index is -0.433. The van der Waals surface area contributed by atoms with Crippen LogP contribution in [-0.4, -0.2) is 34.7 Å². The molecular weight excluding hydrogens is 340 g/mol. The second kappa shape index (κ2) is 6.02. The zero-order valence-electron chi connectivity index (χ0n) is 12.4. The Morgan fingerprint density at radius 1 is 1.55 bits per heavy atom. The number of carbonyl (C=O) groups excluding carboxylic acids is 1. The smallest absolute Gasteiger partial charge is 0.410 e. The third-order valence-electron chi connectivity index (χ3n) is 3.37. The zero-order chi connectivity index (χ0) is 14.9. The quantitative estimate of drug-likeness (QED) is 0.750. The fraction of sp³-hybridized carbons (Fsp3) is 0.714. The largest absolute Gasteiger partial charge is 0.444 e. The molecule has 0 radical (unpaired) electrons. The molecule has 1 aliphatic heterocycles. The van der Waals surface area contributed by atoms with Gasteiger partial charge in [-0.05, 0) is 49.0 Å². The molecule has 2 rings (SSSR count). The molecule has 0 aliphatic carbocycles. The number of nitrogens with zero attached hydrogens (tertiary/aromatic N) is 2. The summed E-state index contributed by atoms with van der Waals surface area (Å²) in [5.74, 6) is 0.833. The number of amides is 1. The molecule has 1 aromatic rings. The maximum atomic E-state index is 12.1. The van der Waals surface area contributed by atoms with E-state index >= 15 is 0 Å². The number of hydrogen-bond acceptors (Lipinski definition) is 4. The SMILES string of the molecule is CC1CN(C(=O)OC(C)(C)C)CCC1c1ncc(Br)s1. The van der Waals surface area contributed by atoms with E-state index in [9.17, 15) is 4.79 Å². The number of ether oxygens (including phenoxy) is 1. The first-order valence-electron chi connectivity index (χ1n) is 6.85. The van der Waals surface area contributed by atoms with E-state index in [4.69, 9.17) is 4.74 Å². The summed E-state index contributed by atoms with van der Waals surface area (Å²) in [6.07, 6.45) is 2.59. The summed E-state index contributed by atoms with van der Waals surface area (Å²) in [6, 6.07) is 0. The van der Waals surface area contributed by atoms with E-state index < -0.39 is 5.60 Å². The third-order valence-corrected chi connectivity index (χ3v) is 4.98. The van der Waals surface area contributed by atoms with Crippen LogP contribution in [0.4, 0.5) is 4.79 Å². The Hall–Kier alpha value is -0.620. The number of piperidine rings is 1. The molecule has 1 aliphatic rings. The van der Waals surface area contributed by atoms with Gasteiger partial charge in [0, 0.05) is 19.0 Å². The Morgan fingerprint density at radius 3 is 2.75 bits per heavy atom. The molecule has 20 heavy (non-hydrogen) atoms. The summed E-state index contributed by atoms with van der Waals surface area (Å²) in [7, 11) is 0. The van der Waals surface area contributed by atoms with Crippen molar-refractivity contribution < 1.29 is 9.53 Å². The van der Waals surface area contributed by atoms with Crippen molar-refractivity contribution in [3.63, 3.8) is 0 Å². The third kappa shape index (κ3) is 3.95. The Morgan fingerprint density at radius 2 is 2.25 bits per heavy atom. The van der Waals surface area contributed by atoms with E-state index in [0.717, 1.165) is 28.3 Å². The first kappa shape index (κ1) is 15.8. The molecule has 4 nitrogen and oxygen atoms in total. The highest BCUT2D eigenvalue weighted by atomic mass is 79.9. The first-order valence-corrected chi connectivity index (χ1v) is 8.46. The van der Waals surface area contributed by atoms with Crippen LogP contribution in [0.25, 0.3) is 0 Å². The van der Waals surface area contributed by atoms with E-state index in [2.05, 4.69) is 27.8 Å². The second-order valence-corrected chi connectivity index (χ2v) is 8.74. The molecule has 1 amide bonds. The van der Waals surface area contributed by atoms with Crippen LogP contribution in [0.15, 0.2) is 9.98 Å². The fourth-order valence-electron chi connectivity index (χ4n) is 2.44. The summed E-state index contributed by atoms with van der Waals surface area (Å²) >= 11 is 5.15. The van der Waals surface area contributed by atoms with Crippen molar-refractivity contribution in [1.82, 2.24) is 9.88 Å². The maximum absolute atomic E-state index is 12.1. The summed E-state index contributed by atoms with van der Waals surface area (Å²) in [4.78, 5) is 18.4. The van der Waals surface area contributed by atoms with Gasteiger partial charge >= 0.3 is 6.09 Å². The molecule has 0 spiro atoms. The standard InChI is InChI=1S/C14H21BrN2O2S/c1-9-8-17(13(18)19-14(2,3)4)6-5-10(9)12-16-7-11(15)20-12/h7,9-10H,5-6,8H2,1-4H3. The molecule has 1 fully saturated rings. The van der Waals surface area contributed by atoms with Crippen molar-refractivity contribution in [1.29, 1.82) is 0 Å². The summed E-state index contributed by atoms with van der Waals surface area (Å²) < 4.78 is 6.50. The topological polar surface area (TPSA) is 42.4 Å². The Bertz CT molecular complexity index is 484. The number of halogens is 1. The maximum Gasteiger partial charge on any atom is 0.410 e. The average molecular weight is 361 g/mol. The number of likely N-dealkylation sites (tertiary alicyclic amines) is 1. The molecule has 1 aromatic heterocycles. The molecule has 0 bridgehead atoms. The van der Waals surface area contributed by atoms with Gasteiger partial charge in [-0.2, -0.15) is 0 Å². The number of carbonyl (C=O) groups is 1. The number of rotatable bonds is 1. The molecule has 2 unspecified atom stereocenters. The minimum absolute atomic E-state index is 0.205. The van der Waals surface area contributed by atoms with Crippen molar-refractivity contribution in [2.24, 2.45) is 5.92 Å². The molecule has 0 aromatic carbocycles. The predicted octanol–water partition coefficient (Wildman–Crippen LogP) is 4.27. The first-order chi connectivity index (χ1) is 9.26. The molecule has 0 N–H and O–H groups in total. The molecule has 112 valence electrons. The van der Waals surface area contributed by atoms with Crippen LogP contribution in [0, 0.1) is 5.92 Å². The Balaban J connectivity index is 1.97. The van der Waals surface area contributed by atoms with E-state index in [0.29, 0.717) is 11.8 Å². The highest BCUT2D eigenvalue weighted by Gasteiger charge is 2.33. The zero-order valence-corrected chi connectivity index (χ0v) is 14.8. The van der Waals surface area contributed by atoms with Crippen LogP contribution in [0.5, 0.6) is 0 Å². The van der Waals surface area contributed by atoms with Crippen LogP contribution in [-0.2, 0) is 4.74 Å². The van der Waals surface area contributed by atoms with Crippen molar-refractivity contribution in [2.45, 2.75) is 45.6 Å². The Labute approximate surface area is 132 Å². The lowest BCUT2D eigenvalue weighted by atomic mass is 9.87. The fourth-order valence-corrected chi connectivity index (χ4v) is 3.96. The van der Waals surface area contributed by atoms with Gasteiger partial charge < -0.3 is 9.64 Å².